The zero-order chi connectivity index (χ0) is 21.3. The van der Waals surface area contributed by atoms with Gasteiger partial charge in [0.05, 0.1) is 6.20 Å². The number of aryl methyl sites for hydroxylation is 2. The summed E-state index contributed by atoms with van der Waals surface area (Å²) in [5.74, 6) is 0.0494. The molecule has 1 N–H and O–H groups in total. The molecule has 1 aliphatic carbocycles. The molecule has 4 rings (SSSR count). The fourth-order valence-electron chi connectivity index (χ4n) is 4.34. The molecule has 7 heteroatoms. The second kappa shape index (κ2) is 8.19. The van der Waals surface area contributed by atoms with Crippen LogP contribution in [0.2, 0.25) is 0 Å². The normalized spacial score (nSPS) is 14.9. The van der Waals surface area contributed by atoms with E-state index in [0.29, 0.717) is 30.6 Å². The standard InChI is InChI=1S/C23H24BrN5O/c1-15-20(16(2)29-22(28-15)17(12-25)13-27-29)7-8-21(30)26-14-23(9-4-10-23)18-5-3-6-19(24)11-18/h3,5-6,11,13H,4,7-10,14H2,1-2H3,(H,26,30). The van der Waals surface area contributed by atoms with E-state index in [0.717, 1.165) is 34.3 Å². The molecule has 154 valence electrons. The highest BCUT2D eigenvalue weighted by atomic mass is 79.9. The number of rotatable bonds is 6. The van der Waals surface area contributed by atoms with E-state index >= 15 is 0 Å². The Morgan fingerprint density at radius 1 is 1.37 bits per heavy atom. The van der Waals surface area contributed by atoms with Gasteiger partial charge in [-0.25, -0.2) is 9.50 Å². The van der Waals surface area contributed by atoms with Gasteiger partial charge in [-0.1, -0.05) is 34.5 Å². The monoisotopic (exact) mass is 465 g/mol. The summed E-state index contributed by atoms with van der Waals surface area (Å²) in [5, 5.41) is 16.6. The summed E-state index contributed by atoms with van der Waals surface area (Å²) in [6.45, 7) is 4.55. The number of nitrogens with one attached hydrogen (secondary N) is 1. The molecular formula is C23H24BrN5O. The van der Waals surface area contributed by atoms with Gasteiger partial charge in [-0.2, -0.15) is 10.4 Å². The van der Waals surface area contributed by atoms with Gasteiger partial charge in [0.25, 0.3) is 0 Å². The van der Waals surface area contributed by atoms with Gasteiger partial charge < -0.3 is 5.32 Å². The van der Waals surface area contributed by atoms with Gasteiger partial charge in [-0.15, -0.1) is 0 Å². The predicted molar refractivity (Wildman–Crippen MR) is 118 cm³/mol. The van der Waals surface area contributed by atoms with Crippen LogP contribution < -0.4 is 5.32 Å². The zero-order valence-electron chi connectivity index (χ0n) is 17.2. The first-order valence-corrected chi connectivity index (χ1v) is 11.0. The molecule has 0 saturated heterocycles. The second-order valence-electron chi connectivity index (χ2n) is 8.09. The Hall–Kier alpha value is -2.72. The summed E-state index contributed by atoms with van der Waals surface area (Å²) in [6.07, 6.45) is 5.92. The molecule has 6 nitrogen and oxygen atoms in total. The smallest absolute Gasteiger partial charge is 0.220 e. The van der Waals surface area contributed by atoms with E-state index in [9.17, 15) is 10.1 Å². The lowest BCUT2D eigenvalue weighted by atomic mass is 9.64. The molecule has 1 fully saturated rings. The number of fused-ring (bicyclic) bond motifs is 1. The summed E-state index contributed by atoms with van der Waals surface area (Å²) < 4.78 is 2.76. The number of aromatic nitrogens is 3. The van der Waals surface area contributed by atoms with Crippen LogP contribution in [0.4, 0.5) is 0 Å². The van der Waals surface area contributed by atoms with Gasteiger partial charge >= 0.3 is 0 Å². The van der Waals surface area contributed by atoms with Crippen molar-refractivity contribution in [1.82, 2.24) is 19.9 Å². The predicted octanol–water partition coefficient (Wildman–Crippen LogP) is 4.15. The molecule has 2 aromatic heterocycles. The minimum atomic E-state index is 0.0494. The van der Waals surface area contributed by atoms with Crippen molar-refractivity contribution in [1.29, 1.82) is 5.26 Å². The first kappa shape index (κ1) is 20.5. The van der Waals surface area contributed by atoms with Crippen LogP contribution in [0.1, 0.15) is 53.8 Å². The van der Waals surface area contributed by atoms with Gasteiger partial charge in [-0.3, -0.25) is 4.79 Å². The molecule has 30 heavy (non-hydrogen) atoms. The average molecular weight is 466 g/mol. The first-order valence-electron chi connectivity index (χ1n) is 10.2. The quantitative estimate of drug-likeness (QED) is 0.592. The van der Waals surface area contributed by atoms with E-state index in [1.165, 1.54) is 18.2 Å². The van der Waals surface area contributed by atoms with Crippen LogP contribution in [0.15, 0.2) is 34.9 Å². The molecule has 2 heterocycles. The number of amides is 1. The third-order valence-corrected chi connectivity index (χ3v) is 6.80. The van der Waals surface area contributed by atoms with Crippen LogP contribution in [0.25, 0.3) is 5.65 Å². The van der Waals surface area contributed by atoms with Crippen molar-refractivity contribution >= 4 is 27.5 Å². The summed E-state index contributed by atoms with van der Waals surface area (Å²) in [7, 11) is 0. The molecule has 3 aromatic rings. The van der Waals surface area contributed by atoms with Crippen molar-refractivity contribution in [3.63, 3.8) is 0 Å². The lowest BCUT2D eigenvalue weighted by Crippen LogP contribution is -2.45. The molecule has 0 aliphatic heterocycles. The van der Waals surface area contributed by atoms with Crippen molar-refractivity contribution in [3.05, 3.63) is 63.0 Å². The molecule has 0 atom stereocenters. The van der Waals surface area contributed by atoms with E-state index in [4.69, 9.17) is 0 Å². The summed E-state index contributed by atoms with van der Waals surface area (Å²) in [4.78, 5) is 17.2. The van der Waals surface area contributed by atoms with E-state index in [-0.39, 0.29) is 11.3 Å². The maximum absolute atomic E-state index is 12.6. The highest BCUT2D eigenvalue weighted by Gasteiger charge is 2.38. The molecular weight excluding hydrogens is 442 g/mol. The number of benzene rings is 1. The number of nitriles is 1. The van der Waals surface area contributed by atoms with E-state index in [1.807, 2.05) is 19.9 Å². The van der Waals surface area contributed by atoms with E-state index in [1.54, 1.807) is 4.52 Å². The van der Waals surface area contributed by atoms with Crippen molar-refractivity contribution in [3.8, 4) is 6.07 Å². The zero-order valence-corrected chi connectivity index (χ0v) is 18.8. The summed E-state index contributed by atoms with van der Waals surface area (Å²) >= 11 is 3.56. The largest absolute Gasteiger partial charge is 0.355 e. The van der Waals surface area contributed by atoms with Crippen LogP contribution in [0.5, 0.6) is 0 Å². The third kappa shape index (κ3) is 3.72. The molecule has 1 amide bonds. The van der Waals surface area contributed by atoms with Crippen molar-refractivity contribution < 1.29 is 4.79 Å². The van der Waals surface area contributed by atoms with Crippen LogP contribution >= 0.6 is 15.9 Å². The number of carbonyl (C=O) groups excluding carboxylic acids is 1. The van der Waals surface area contributed by atoms with E-state index < -0.39 is 0 Å². The van der Waals surface area contributed by atoms with Crippen LogP contribution in [-0.4, -0.2) is 27.0 Å². The minimum Gasteiger partial charge on any atom is -0.355 e. The molecule has 0 bridgehead atoms. The highest BCUT2D eigenvalue weighted by molar-refractivity contribution is 9.10. The lowest BCUT2D eigenvalue weighted by molar-refractivity contribution is -0.121. The number of hydrogen-bond donors (Lipinski definition) is 1. The molecule has 1 saturated carbocycles. The van der Waals surface area contributed by atoms with Gasteiger partial charge in [0.2, 0.25) is 5.91 Å². The number of hydrogen-bond acceptors (Lipinski definition) is 4. The Labute approximate surface area is 184 Å². The van der Waals surface area contributed by atoms with Gasteiger partial charge in [0.15, 0.2) is 5.65 Å². The van der Waals surface area contributed by atoms with Crippen LogP contribution in [0, 0.1) is 25.2 Å². The Kier molecular flexibility index (Phi) is 5.61. The Morgan fingerprint density at radius 3 is 2.83 bits per heavy atom. The Morgan fingerprint density at radius 2 is 2.17 bits per heavy atom. The van der Waals surface area contributed by atoms with Crippen molar-refractivity contribution in [2.75, 3.05) is 6.54 Å². The first-order chi connectivity index (χ1) is 14.4. The SMILES string of the molecule is Cc1nc2c(C#N)cnn2c(C)c1CCC(=O)NCC1(c2cccc(Br)c2)CCC1. The lowest BCUT2D eigenvalue weighted by Gasteiger charge is -2.42. The fourth-order valence-corrected chi connectivity index (χ4v) is 4.74. The van der Waals surface area contributed by atoms with Gasteiger partial charge in [0, 0.05) is 34.2 Å². The molecule has 1 aliphatic rings. The molecule has 0 unspecified atom stereocenters. The average Bonchev–Trinajstić information content (AvgIpc) is 3.10. The van der Waals surface area contributed by atoms with E-state index in [2.05, 4.69) is 55.6 Å². The Balaban J connectivity index is 1.42. The summed E-state index contributed by atoms with van der Waals surface area (Å²) in [6, 6.07) is 10.5. The van der Waals surface area contributed by atoms with Gasteiger partial charge in [-0.05, 0) is 56.4 Å². The minimum absolute atomic E-state index is 0.0494. The number of nitrogens with zero attached hydrogens (tertiary/aromatic N) is 4. The fraction of sp³-hybridized carbons (Fsp3) is 0.391. The molecule has 0 spiro atoms. The third-order valence-electron chi connectivity index (χ3n) is 6.30. The second-order valence-corrected chi connectivity index (χ2v) is 9.00. The van der Waals surface area contributed by atoms with Crippen LogP contribution in [-0.2, 0) is 16.6 Å². The molecule has 0 radical (unpaired) electrons. The topological polar surface area (TPSA) is 83.1 Å². The van der Waals surface area contributed by atoms with Crippen molar-refractivity contribution in [2.45, 2.75) is 51.4 Å². The highest BCUT2D eigenvalue weighted by Crippen LogP contribution is 2.43. The maximum atomic E-state index is 12.6. The summed E-state index contributed by atoms with van der Waals surface area (Å²) in [5.41, 5.74) is 5.15. The van der Waals surface area contributed by atoms with Crippen LogP contribution in [0.3, 0.4) is 0 Å². The van der Waals surface area contributed by atoms with Crippen molar-refractivity contribution in [2.24, 2.45) is 0 Å². The number of carbonyl (C=O) groups is 1. The van der Waals surface area contributed by atoms with Gasteiger partial charge in [0.1, 0.15) is 11.6 Å². The maximum Gasteiger partial charge on any atom is 0.220 e. The number of halogens is 1. The Bertz CT molecular complexity index is 1160. The molecule has 1 aromatic carbocycles.